The molecule has 2 aliphatic rings. The normalized spacial score (nSPS) is 24.6. The summed E-state index contributed by atoms with van der Waals surface area (Å²) >= 11 is 0. The largest absolute Gasteiger partial charge is 0.339 e. The van der Waals surface area contributed by atoms with Crippen molar-refractivity contribution < 1.29 is 4.79 Å². The van der Waals surface area contributed by atoms with Crippen molar-refractivity contribution in [3.8, 4) is 0 Å². The second kappa shape index (κ2) is 6.36. The van der Waals surface area contributed by atoms with Gasteiger partial charge in [-0.25, -0.2) is 0 Å². The molecule has 0 aromatic heterocycles. The number of piperidine rings is 1. The summed E-state index contributed by atoms with van der Waals surface area (Å²) in [5.41, 5.74) is 0. The third-order valence-electron chi connectivity index (χ3n) is 3.93. The molecule has 0 aliphatic carbocycles. The fourth-order valence-corrected chi connectivity index (χ4v) is 2.92. The van der Waals surface area contributed by atoms with Gasteiger partial charge in [-0.15, -0.1) is 0 Å². The number of nitrogens with one attached hydrogen (secondary N) is 1. The van der Waals surface area contributed by atoms with Crippen LogP contribution in [0.4, 0.5) is 0 Å². The lowest BCUT2D eigenvalue weighted by molar-refractivity contribution is -0.138. The Kier molecular flexibility index (Phi) is 4.80. The summed E-state index contributed by atoms with van der Waals surface area (Å²) in [4.78, 5) is 16.9. The van der Waals surface area contributed by atoms with E-state index in [-0.39, 0.29) is 6.04 Å². The Labute approximate surface area is 104 Å². The number of piperazine rings is 1. The highest BCUT2D eigenvalue weighted by molar-refractivity contribution is 5.82. The molecule has 1 atom stereocenters. The molecule has 2 rings (SSSR count). The molecule has 2 heterocycles. The molecule has 0 aromatic rings. The van der Waals surface area contributed by atoms with E-state index in [1.54, 1.807) is 0 Å². The van der Waals surface area contributed by atoms with Gasteiger partial charge in [-0.3, -0.25) is 9.69 Å². The number of hydrogen-bond acceptors (Lipinski definition) is 3. The van der Waals surface area contributed by atoms with Gasteiger partial charge in [0.2, 0.25) is 5.91 Å². The number of carbonyl (C=O) groups excluding carboxylic acids is 1. The average Bonchev–Trinajstić information content (AvgIpc) is 2.42. The maximum Gasteiger partial charge on any atom is 0.240 e. The van der Waals surface area contributed by atoms with Gasteiger partial charge in [0, 0.05) is 26.2 Å². The summed E-state index contributed by atoms with van der Waals surface area (Å²) in [5.74, 6) is 0.357. The van der Waals surface area contributed by atoms with Crippen LogP contribution in [0.1, 0.15) is 32.6 Å². The first-order valence-electron chi connectivity index (χ1n) is 7.06. The van der Waals surface area contributed by atoms with Crippen LogP contribution >= 0.6 is 0 Å². The summed E-state index contributed by atoms with van der Waals surface area (Å²) in [6, 6.07) is 0.133. The Balaban J connectivity index is 1.93. The maximum absolute atomic E-state index is 12.5. The molecule has 1 N–H and O–H groups in total. The molecule has 4 nitrogen and oxygen atoms in total. The first-order chi connectivity index (χ1) is 8.33. The van der Waals surface area contributed by atoms with Crippen LogP contribution < -0.4 is 5.32 Å². The quantitative estimate of drug-likeness (QED) is 0.787. The van der Waals surface area contributed by atoms with Crippen LogP contribution in [0.5, 0.6) is 0 Å². The van der Waals surface area contributed by atoms with E-state index in [9.17, 15) is 4.79 Å². The Hall–Kier alpha value is -0.610. The van der Waals surface area contributed by atoms with E-state index in [0.29, 0.717) is 5.91 Å². The van der Waals surface area contributed by atoms with Crippen molar-refractivity contribution in [1.29, 1.82) is 0 Å². The molecule has 17 heavy (non-hydrogen) atoms. The highest BCUT2D eigenvalue weighted by Gasteiger charge is 2.29. The van der Waals surface area contributed by atoms with Gasteiger partial charge in [0.15, 0.2) is 0 Å². The van der Waals surface area contributed by atoms with Crippen molar-refractivity contribution in [2.75, 3.05) is 39.3 Å². The summed E-state index contributed by atoms with van der Waals surface area (Å²) in [7, 11) is 0. The van der Waals surface area contributed by atoms with E-state index in [1.165, 1.54) is 19.3 Å². The molecule has 1 amide bonds. The lowest BCUT2D eigenvalue weighted by Gasteiger charge is -2.37. The molecule has 0 spiro atoms. The van der Waals surface area contributed by atoms with E-state index >= 15 is 0 Å². The van der Waals surface area contributed by atoms with Crippen molar-refractivity contribution in [2.45, 2.75) is 38.6 Å². The Bertz CT molecular complexity index is 245. The number of carbonyl (C=O) groups is 1. The van der Waals surface area contributed by atoms with Crippen molar-refractivity contribution in [2.24, 2.45) is 0 Å². The predicted octanol–water partition coefficient (Wildman–Crippen LogP) is 0.683. The molecule has 1 unspecified atom stereocenters. The van der Waals surface area contributed by atoms with Crippen molar-refractivity contribution in [1.82, 2.24) is 15.1 Å². The summed E-state index contributed by atoms with van der Waals surface area (Å²) in [6.45, 7) is 8.00. The van der Waals surface area contributed by atoms with E-state index in [1.807, 2.05) is 4.90 Å². The lowest BCUT2D eigenvalue weighted by atomic mass is 10.1. The van der Waals surface area contributed by atoms with E-state index < -0.39 is 0 Å². The van der Waals surface area contributed by atoms with E-state index in [4.69, 9.17) is 0 Å². The number of amides is 1. The SMILES string of the molecule is CCC(C(=O)N1CCNCC1)N1CCCCC1. The van der Waals surface area contributed by atoms with Crippen LogP contribution in [0.3, 0.4) is 0 Å². The Morgan fingerprint density at radius 2 is 1.76 bits per heavy atom. The van der Waals surface area contributed by atoms with Crippen LogP contribution in [0, 0.1) is 0 Å². The highest BCUT2D eigenvalue weighted by Crippen LogP contribution is 2.16. The topological polar surface area (TPSA) is 35.6 Å². The third-order valence-corrected chi connectivity index (χ3v) is 3.93. The molecular weight excluding hydrogens is 214 g/mol. The fourth-order valence-electron chi connectivity index (χ4n) is 2.92. The highest BCUT2D eigenvalue weighted by atomic mass is 16.2. The maximum atomic E-state index is 12.5. The number of likely N-dealkylation sites (tertiary alicyclic amines) is 1. The first kappa shape index (κ1) is 12.8. The van der Waals surface area contributed by atoms with Crippen LogP contribution in [0.25, 0.3) is 0 Å². The summed E-state index contributed by atoms with van der Waals surface area (Å²) < 4.78 is 0. The van der Waals surface area contributed by atoms with Crippen molar-refractivity contribution in [3.63, 3.8) is 0 Å². The van der Waals surface area contributed by atoms with Crippen molar-refractivity contribution >= 4 is 5.91 Å². The van der Waals surface area contributed by atoms with Crippen LogP contribution in [-0.4, -0.2) is 61.0 Å². The van der Waals surface area contributed by atoms with Crippen LogP contribution in [-0.2, 0) is 4.79 Å². The zero-order valence-corrected chi connectivity index (χ0v) is 11.0. The Morgan fingerprint density at radius 1 is 1.12 bits per heavy atom. The summed E-state index contributed by atoms with van der Waals surface area (Å²) in [6.07, 6.45) is 4.79. The standard InChI is InChI=1S/C13H25N3O/c1-2-12(15-8-4-3-5-9-15)13(17)16-10-6-14-7-11-16/h12,14H,2-11H2,1H3. The van der Waals surface area contributed by atoms with Gasteiger partial charge in [0.25, 0.3) is 0 Å². The molecule has 0 aromatic carbocycles. The average molecular weight is 239 g/mol. The molecule has 4 heteroatoms. The van der Waals surface area contributed by atoms with Crippen molar-refractivity contribution in [3.05, 3.63) is 0 Å². The number of hydrogen-bond donors (Lipinski definition) is 1. The minimum Gasteiger partial charge on any atom is -0.339 e. The molecule has 0 radical (unpaired) electrons. The van der Waals surface area contributed by atoms with Crippen LogP contribution in [0.2, 0.25) is 0 Å². The molecular formula is C13H25N3O. The summed E-state index contributed by atoms with van der Waals surface area (Å²) in [5, 5.41) is 3.30. The molecule has 2 aliphatic heterocycles. The number of rotatable bonds is 3. The minimum absolute atomic E-state index is 0.133. The molecule has 0 bridgehead atoms. The van der Waals surface area contributed by atoms with Gasteiger partial charge < -0.3 is 10.2 Å². The van der Waals surface area contributed by atoms with Crippen LogP contribution in [0.15, 0.2) is 0 Å². The first-order valence-corrected chi connectivity index (χ1v) is 7.06. The molecule has 2 saturated heterocycles. The fraction of sp³-hybridized carbons (Fsp3) is 0.923. The van der Waals surface area contributed by atoms with Gasteiger partial charge in [0.05, 0.1) is 6.04 Å². The van der Waals surface area contributed by atoms with E-state index in [2.05, 4.69) is 17.1 Å². The smallest absolute Gasteiger partial charge is 0.240 e. The third kappa shape index (κ3) is 3.19. The Morgan fingerprint density at radius 3 is 2.35 bits per heavy atom. The molecule has 98 valence electrons. The monoisotopic (exact) mass is 239 g/mol. The number of nitrogens with zero attached hydrogens (tertiary/aromatic N) is 2. The second-order valence-electron chi connectivity index (χ2n) is 5.10. The van der Waals surface area contributed by atoms with Gasteiger partial charge in [-0.2, -0.15) is 0 Å². The van der Waals surface area contributed by atoms with Gasteiger partial charge in [-0.1, -0.05) is 13.3 Å². The van der Waals surface area contributed by atoms with Gasteiger partial charge in [0.1, 0.15) is 0 Å². The minimum atomic E-state index is 0.133. The van der Waals surface area contributed by atoms with Gasteiger partial charge in [-0.05, 0) is 32.4 Å². The second-order valence-corrected chi connectivity index (χ2v) is 5.10. The molecule has 0 saturated carbocycles. The zero-order chi connectivity index (χ0) is 12.1. The zero-order valence-electron chi connectivity index (χ0n) is 11.0. The van der Waals surface area contributed by atoms with E-state index in [0.717, 1.165) is 45.7 Å². The predicted molar refractivity (Wildman–Crippen MR) is 69.0 cm³/mol. The molecule has 2 fully saturated rings. The lowest BCUT2D eigenvalue weighted by Crippen LogP contribution is -2.54. The van der Waals surface area contributed by atoms with Gasteiger partial charge >= 0.3 is 0 Å².